The van der Waals surface area contributed by atoms with Gasteiger partial charge in [-0.25, -0.2) is 0 Å². The molecule has 0 bridgehead atoms. The van der Waals surface area contributed by atoms with Crippen LogP contribution in [-0.2, 0) is 0 Å². The maximum atomic E-state index is 10.1. The van der Waals surface area contributed by atoms with Crippen LogP contribution in [-0.4, -0.2) is 14.5 Å². The van der Waals surface area contributed by atoms with Crippen LogP contribution in [0.4, 0.5) is 0 Å². The van der Waals surface area contributed by atoms with Crippen molar-refractivity contribution in [3.8, 4) is 0 Å². The molecule has 1 atom stereocenters. The van der Waals surface area contributed by atoms with Gasteiger partial charge in [0, 0.05) is 17.2 Å². The molecule has 5 nitrogen and oxygen atoms in total. The smallest absolute Gasteiger partial charge is 0.254 e. The van der Waals surface area contributed by atoms with Crippen molar-refractivity contribution < 1.29 is 4.92 Å². The largest absolute Gasteiger partial charge is 0.264 e. The zero-order valence-electron chi connectivity index (χ0n) is 5.22. The summed E-state index contributed by atoms with van der Waals surface area (Å²) in [5, 5.41) is 15.3. The van der Waals surface area contributed by atoms with Crippen molar-refractivity contribution in [3.05, 3.63) is 21.2 Å². The molecule has 1 aromatic rings. The van der Waals surface area contributed by atoms with Crippen LogP contribution in [0.15, 0.2) is 5.38 Å². The SMILES string of the molecule is CC(c1csnn1)[N+](=O)[O-]. The Balaban J connectivity index is 2.77. The summed E-state index contributed by atoms with van der Waals surface area (Å²) in [5.74, 6) is 0. The number of hydrogen-bond acceptors (Lipinski definition) is 5. The van der Waals surface area contributed by atoms with E-state index >= 15 is 0 Å². The topological polar surface area (TPSA) is 68.9 Å². The lowest BCUT2D eigenvalue weighted by Crippen LogP contribution is -2.05. The van der Waals surface area contributed by atoms with Crippen LogP contribution in [0.1, 0.15) is 18.7 Å². The quantitative estimate of drug-likeness (QED) is 0.474. The molecule has 6 heteroatoms. The highest BCUT2D eigenvalue weighted by Crippen LogP contribution is 2.12. The minimum atomic E-state index is -0.737. The maximum Gasteiger partial charge on any atom is 0.254 e. The standard InChI is InChI=1S/C4H5N3O2S/c1-3(7(8)9)4-2-10-6-5-4/h2-3H,1H3. The van der Waals surface area contributed by atoms with E-state index in [-0.39, 0.29) is 0 Å². The third-order valence-corrected chi connectivity index (χ3v) is 1.64. The Morgan fingerprint density at radius 3 is 3.00 bits per heavy atom. The van der Waals surface area contributed by atoms with E-state index in [0.29, 0.717) is 5.69 Å². The lowest BCUT2D eigenvalue weighted by molar-refractivity contribution is -0.525. The zero-order chi connectivity index (χ0) is 7.56. The van der Waals surface area contributed by atoms with Crippen molar-refractivity contribution in [2.24, 2.45) is 0 Å². The lowest BCUT2D eigenvalue weighted by atomic mass is 10.3. The van der Waals surface area contributed by atoms with Gasteiger partial charge in [0.25, 0.3) is 6.04 Å². The number of rotatable bonds is 2. The minimum absolute atomic E-state index is 0.392. The molecule has 0 spiro atoms. The molecule has 0 aromatic carbocycles. The van der Waals surface area contributed by atoms with Crippen LogP contribution in [0.5, 0.6) is 0 Å². The first-order chi connectivity index (χ1) is 4.72. The van der Waals surface area contributed by atoms with Crippen LogP contribution < -0.4 is 0 Å². The molecule has 0 amide bonds. The van der Waals surface area contributed by atoms with Crippen LogP contribution in [0.2, 0.25) is 0 Å². The molecule has 1 unspecified atom stereocenters. The number of aromatic nitrogens is 2. The van der Waals surface area contributed by atoms with Gasteiger partial charge < -0.3 is 0 Å². The summed E-state index contributed by atoms with van der Waals surface area (Å²) < 4.78 is 3.51. The van der Waals surface area contributed by atoms with Crippen molar-refractivity contribution in [1.82, 2.24) is 9.59 Å². The molecule has 0 aliphatic heterocycles. The molecule has 0 aliphatic carbocycles. The Labute approximate surface area is 61.0 Å². The molecule has 1 rings (SSSR count). The molecular formula is C4H5N3O2S. The Hall–Kier alpha value is -1.04. The van der Waals surface area contributed by atoms with Gasteiger partial charge in [0.15, 0.2) is 0 Å². The lowest BCUT2D eigenvalue weighted by Gasteiger charge is -1.95. The fourth-order valence-electron chi connectivity index (χ4n) is 0.462. The third kappa shape index (κ3) is 1.27. The Kier molecular flexibility index (Phi) is 1.91. The predicted octanol–water partition coefficient (Wildman–Crippen LogP) is 0.876. The average molecular weight is 159 g/mol. The van der Waals surface area contributed by atoms with Gasteiger partial charge in [0.2, 0.25) is 0 Å². The van der Waals surface area contributed by atoms with Gasteiger partial charge in [-0.2, -0.15) is 0 Å². The van der Waals surface area contributed by atoms with E-state index in [1.807, 2.05) is 0 Å². The van der Waals surface area contributed by atoms with E-state index in [0.717, 1.165) is 11.5 Å². The molecule has 0 radical (unpaired) electrons. The second kappa shape index (κ2) is 2.70. The highest BCUT2D eigenvalue weighted by Gasteiger charge is 2.17. The van der Waals surface area contributed by atoms with Gasteiger partial charge in [0.1, 0.15) is 5.69 Å². The number of hydrogen-bond donors (Lipinski definition) is 0. The molecule has 1 aromatic heterocycles. The molecule has 0 saturated carbocycles. The molecule has 0 fully saturated rings. The van der Waals surface area contributed by atoms with E-state index in [1.165, 1.54) is 6.92 Å². The second-order valence-corrected chi connectivity index (χ2v) is 2.40. The van der Waals surface area contributed by atoms with Gasteiger partial charge >= 0.3 is 0 Å². The van der Waals surface area contributed by atoms with Crippen molar-refractivity contribution >= 4 is 11.5 Å². The highest BCUT2D eigenvalue weighted by molar-refractivity contribution is 7.03. The van der Waals surface area contributed by atoms with Crippen molar-refractivity contribution in [1.29, 1.82) is 0 Å². The fourth-order valence-corrected chi connectivity index (χ4v) is 1.00. The van der Waals surface area contributed by atoms with Crippen molar-refractivity contribution in [3.63, 3.8) is 0 Å². The van der Waals surface area contributed by atoms with Gasteiger partial charge in [-0.3, -0.25) is 10.1 Å². The summed E-state index contributed by atoms with van der Waals surface area (Å²) in [6.45, 7) is 1.48. The second-order valence-electron chi connectivity index (χ2n) is 1.79. The molecule has 0 saturated heterocycles. The monoisotopic (exact) mass is 159 g/mol. The minimum Gasteiger partial charge on any atom is -0.264 e. The van der Waals surface area contributed by atoms with Gasteiger partial charge in [-0.05, 0) is 11.5 Å². The molecule has 10 heavy (non-hydrogen) atoms. The molecule has 0 N–H and O–H groups in total. The summed E-state index contributed by atoms with van der Waals surface area (Å²) in [6.07, 6.45) is 0. The summed E-state index contributed by atoms with van der Waals surface area (Å²) in [7, 11) is 0. The summed E-state index contributed by atoms with van der Waals surface area (Å²) >= 11 is 1.12. The molecule has 54 valence electrons. The summed E-state index contributed by atoms with van der Waals surface area (Å²) in [4.78, 5) is 9.75. The van der Waals surface area contributed by atoms with E-state index in [4.69, 9.17) is 0 Å². The van der Waals surface area contributed by atoms with Crippen LogP contribution in [0, 0.1) is 10.1 Å². The average Bonchev–Trinajstić information content (AvgIpc) is 2.36. The zero-order valence-corrected chi connectivity index (χ0v) is 6.04. The molecular weight excluding hydrogens is 154 g/mol. The van der Waals surface area contributed by atoms with Crippen LogP contribution >= 0.6 is 11.5 Å². The molecule has 0 aliphatic rings. The maximum absolute atomic E-state index is 10.1. The summed E-state index contributed by atoms with van der Waals surface area (Å²) in [5.41, 5.74) is 0.426. The Bertz CT molecular complexity index is 222. The van der Waals surface area contributed by atoms with E-state index in [2.05, 4.69) is 9.59 Å². The Morgan fingerprint density at radius 2 is 2.60 bits per heavy atom. The number of nitrogens with zero attached hydrogens (tertiary/aromatic N) is 3. The van der Waals surface area contributed by atoms with Gasteiger partial charge in [-0.1, -0.05) is 4.49 Å². The van der Waals surface area contributed by atoms with Crippen LogP contribution in [0.25, 0.3) is 0 Å². The van der Waals surface area contributed by atoms with Crippen molar-refractivity contribution in [2.75, 3.05) is 0 Å². The van der Waals surface area contributed by atoms with E-state index in [9.17, 15) is 10.1 Å². The predicted molar refractivity (Wildman–Crippen MR) is 35.3 cm³/mol. The first-order valence-electron chi connectivity index (χ1n) is 2.62. The highest BCUT2D eigenvalue weighted by atomic mass is 32.1. The first-order valence-corrected chi connectivity index (χ1v) is 3.46. The third-order valence-electron chi connectivity index (χ3n) is 1.12. The van der Waals surface area contributed by atoms with Crippen molar-refractivity contribution in [2.45, 2.75) is 13.0 Å². The number of nitro groups is 1. The normalized spacial score (nSPS) is 12.9. The van der Waals surface area contributed by atoms with Gasteiger partial charge in [-0.15, -0.1) is 5.10 Å². The van der Waals surface area contributed by atoms with E-state index < -0.39 is 11.0 Å². The van der Waals surface area contributed by atoms with E-state index in [1.54, 1.807) is 5.38 Å². The summed E-state index contributed by atoms with van der Waals surface area (Å²) in [6, 6.07) is -0.737. The molecule has 1 heterocycles. The first kappa shape index (κ1) is 7.07. The van der Waals surface area contributed by atoms with Crippen LogP contribution in [0.3, 0.4) is 0 Å². The van der Waals surface area contributed by atoms with Gasteiger partial charge in [0.05, 0.1) is 0 Å². The fraction of sp³-hybridized carbons (Fsp3) is 0.500. The Morgan fingerprint density at radius 1 is 1.90 bits per heavy atom.